The molecule has 4 N–H and O–H groups in total. The quantitative estimate of drug-likeness (QED) is 0.379. The van der Waals surface area contributed by atoms with Crippen LogP contribution in [0, 0.1) is 10.7 Å². The third-order valence-corrected chi connectivity index (χ3v) is 5.61. The SMILES string of the molecule is CC(O)C(=O)Nc1c(I)c(C(=O)O)c(I)c(C(=O)O)c1I. The van der Waals surface area contributed by atoms with Crippen LogP contribution >= 0.6 is 67.8 Å². The van der Waals surface area contributed by atoms with Crippen LogP contribution < -0.4 is 5.32 Å². The summed E-state index contributed by atoms with van der Waals surface area (Å²) in [7, 11) is 0. The number of carboxylic acid groups (broad SMARTS) is 2. The number of amides is 1. The zero-order valence-corrected chi connectivity index (χ0v) is 16.8. The highest BCUT2D eigenvalue weighted by Gasteiger charge is 2.28. The Morgan fingerprint density at radius 1 is 0.952 bits per heavy atom. The van der Waals surface area contributed by atoms with Crippen LogP contribution in [0.1, 0.15) is 27.6 Å². The van der Waals surface area contributed by atoms with Crippen molar-refractivity contribution in [1.82, 2.24) is 0 Å². The van der Waals surface area contributed by atoms with Crippen molar-refractivity contribution in [2.24, 2.45) is 0 Å². The molecule has 0 aliphatic heterocycles. The fourth-order valence-corrected chi connectivity index (χ4v) is 5.74. The summed E-state index contributed by atoms with van der Waals surface area (Å²) in [6.07, 6.45) is -1.31. The third kappa shape index (κ3) is 3.95. The molecule has 7 nitrogen and oxygen atoms in total. The maximum absolute atomic E-state index is 11.6. The van der Waals surface area contributed by atoms with E-state index < -0.39 is 23.9 Å². The summed E-state index contributed by atoms with van der Waals surface area (Å²) in [5, 5.41) is 30.1. The molecule has 0 saturated heterocycles. The highest BCUT2D eigenvalue weighted by molar-refractivity contribution is 14.1. The van der Waals surface area contributed by atoms with E-state index in [1.165, 1.54) is 6.92 Å². The Hall–Kier alpha value is -0.220. The van der Waals surface area contributed by atoms with Gasteiger partial charge in [-0.15, -0.1) is 0 Å². The van der Waals surface area contributed by atoms with Crippen molar-refractivity contribution < 1.29 is 29.7 Å². The lowest BCUT2D eigenvalue weighted by Crippen LogP contribution is -2.27. The monoisotopic (exact) mass is 631 g/mol. The Kier molecular flexibility index (Phi) is 6.60. The highest BCUT2D eigenvalue weighted by atomic mass is 127. The number of carboxylic acids is 2. The summed E-state index contributed by atoms with van der Waals surface area (Å²) in [6, 6.07) is 0. The van der Waals surface area contributed by atoms with Gasteiger partial charge in [0.15, 0.2) is 0 Å². The van der Waals surface area contributed by atoms with Crippen molar-refractivity contribution in [2.75, 3.05) is 5.32 Å². The molecule has 1 unspecified atom stereocenters. The van der Waals surface area contributed by atoms with Crippen molar-refractivity contribution in [3.63, 3.8) is 0 Å². The summed E-state index contributed by atoms with van der Waals surface area (Å²) in [5.74, 6) is -3.34. The van der Waals surface area contributed by atoms with Crippen LogP contribution in [-0.4, -0.2) is 39.3 Å². The smallest absolute Gasteiger partial charge is 0.337 e. The number of aliphatic hydroxyl groups is 1. The number of hydrogen-bond acceptors (Lipinski definition) is 4. The van der Waals surface area contributed by atoms with Gasteiger partial charge in [-0.05, 0) is 74.7 Å². The molecule has 0 aromatic heterocycles. The predicted molar refractivity (Wildman–Crippen MR) is 98.8 cm³/mol. The average molecular weight is 631 g/mol. The van der Waals surface area contributed by atoms with Crippen LogP contribution in [-0.2, 0) is 4.79 Å². The molecule has 0 aliphatic carbocycles. The summed E-state index contributed by atoms with van der Waals surface area (Å²) in [4.78, 5) is 34.3. The molecule has 0 aliphatic rings. The van der Waals surface area contributed by atoms with E-state index in [-0.39, 0.29) is 27.5 Å². The molecule has 21 heavy (non-hydrogen) atoms. The number of hydrogen-bond donors (Lipinski definition) is 4. The van der Waals surface area contributed by atoms with Crippen LogP contribution in [0.15, 0.2) is 0 Å². The normalized spacial score (nSPS) is 11.9. The van der Waals surface area contributed by atoms with E-state index >= 15 is 0 Å². The maximum atomic E-state index is 11.6. The second-order valence-corrected chi connectivity index (χ2v) is 7.08. The number of rotatable bonds is 4. The number of benzene rings is 1. The molecule has 0 spiro atoms. The van der Waals surface area contributed by atoms with Crippen LogP contribution in [0.25, 0.3) is 0 Å². The Morgan fingerprint density at radius 3 is 1.62 bits per heavy atom. The van der Waals surface area contributed by atoms with Crippen molar-refractivity contribution in [1.29, 1.82) is 0 Å². The highest BCUT2D eigenvalue weighted by Crippen LogP contribution is 2.35. The molecule has 0 fully saturated rings. The number of nitrogens with one attached hydrogen (secondary N) is 1. The van der Waals surface area contributed by atoms with Gasteiger partial charge in [0.1, 0.15) is 6.10 Å². The zero-order valence-electron chi connectivity index (χ0n) is 10.3. The predicted octanol–water partition coefficient (Wildman–Crippen LogP) is 2.22. The molecular weight excluding hydrogens is 623 g/mol. The number of anilines is 1. The molecule has 0 radical (unpaired) electrons. The molecule has 1 amide bonds. The minimum Gasteiger partial charge on any atom is -0.478 e. The van der Waals surface area contributed by atoms with Gasteiger partial charge < -0.3 is 20.6 Å². The van der Waals surface area contributed by atoms with Gasteiger partial charge in [0, 0.05) is 3.57 Å². The van der Waals surface area contributed by atoms with E-state index in [2.05, 4.69) is 5.32 Å². The largest absolute Gasteiger partial charge is 0.478 e. The number of halogens is 3. The first-order valence-electron chi connectivity index (χ1n) is 5.25. The van der Waals surface area contributed by atoms with Crippen LogP contribution in [0.5, 0.6) is 0 Å². The topological polar surface area (TPSA) is 124 Å². The molecule has 0 saturated carbocycles. The van der Waals surface area contributed by atoms with Crippen molar-refractivity contribution >= 4 is 91.3 Å². The average Bonchev–Trinajstić information content (AvgIpc) is 2.32. The van der Waals surface area contributed by atoms with E-state index in [1.807, 2.05) is 0 Å². The van der Waals surface area contributed by atoms with Crippen LogP contribution in [0.2, 0.25) is 0 Å². The molecule has 1 atom stereocenters. The fourth-order valence-electron chi connectivity index (χ4n) is 1.38. The Morgan fingerprint density at radius 2 is 1.33 bits per heavy atom. The second kappa shape index (κ2) is 7.36. The maximum Gasteiger partial charge on any atom is 0.337 e. The van der Waals surface area contributed by atoms with Gasteiger partial charge in [0.2, 0.25) is 0 Å². The summed E-state index contributed by atoms with van der Waals surface area (Å²) in [6.45, 7) is 1.25. The van der Waals surface area contributed by atoms with Gasteiger partial charge in [0.05, 0.1) is 24.0 Å². The molecular formula is C11H8I3NO6. The first kappa shape index (κ1) is 18.8. The van der Waals surface area contributed by atoms with Gasteiger partial charge in [0.25, 0.3) is 5.91 Å². The minimum atomic E-state index is -1.31. The summed E-state index contributed by atoms with van der Waals surface area (Å²) in [5.41, 5.74) is -0.331. The Labute approximate surface area is 159 Å². The molecule has 114 valence electrons. The summed E-state index contributed by atoms with van der Waals surface area (Å²) < 4.78 is 0.484. The molecule has 10 heteroatoms. The lowest BCUT2D eigenvalue weighted by molar-refractivity contribution is -0.123. The number of aromatic carboxylic acids is 2. The van der Waals surface area contributed by atoms with Crippen LogP contribution in [0.4, 0.5) is 5.69 Å². The minimum absolute atomic E-state index is 0.0670. The van der Waals surface area contributed by atoms with Crippen LogP contribution in [0.3, 0.4) is 0 Å². The van der Waals surface area contributed by atoms with E-state index in [0.29, 0.717) is 0 Å². The Bertz CT molecular complexity index is 602. The lowest BCUT2D eigenvalue weighted by Gasteiger charge is -2.17. The molecule has 1 rings (SSSR count). The van der Waals surface area contributed by atoms with E-state index in [4.69, 9.17) is 0 Å². The zero-order chi connectivity index (χ0) is 16.5. The number of carbonyl (C=O) groups excluding carboxylic acids is 1. The van der Waals surface area contributed by atoms with Gasteiger partial charge >= 0.3 is 11.9 Å². The van der Waals surface area contributed by atoms with Gasteiger partial charge in [-0.2, -0.15) is 0 Å². The first-order valence-corrected chi connectivity index (χ1v) is 8.49. The molecule has 1 aromatic carbocycles. The number of carbonyl (C=O) groups is 3. The van der Waals surface area contributed by atoms with E-state index in [0.717, 1.165) is 0 Å². The van der Waals surface area contributed by atoms with E-state index in [1.54, 1.807) is 67.8 Å². The van der Waals surface area contributed by atoms with Gasteiger partial charge in [-0.1, -0.05) is 0 Å². The van der Waals surface area contributed by atoms with E-state index in [9.17, 15) is 29.7 Å². The first-order chi connectivity index (χ1) is 9.59. The fraction of sp³-hybridized carbons (Fsp3) is 0.182. The molecule has 0 bridgehead atoms. The Balaban J connectivity index is 3.67. The molecule has 1 aromatic rings. The lowest BCUT2D eigenvalue weighted by atomic mass is 10.1. The van der Waals surface area contributed by atoms with Crippen molar-refractivity contribution in [2.45, 2.75) is 13.0 Å². The third-order valence-electron chi connectivity index (χ3n) is 2.37. The van der Waals surface area contributed by atoms with Crippen molar-refractivity contribution in [3.8, 4) is 0 Å². The van der Waals surface area contributed by atoms with Gasteiger partial charge in [-0.3, -0.25) is 4.79 Å². The second-order valence-electron chi connectivity index (χ2n) is 3.84. The number of aliphatic hydroxyl groups excluding tert-OH is 1. The summed E-state index contributed by atoms with van der Waals surface area (Å²) >= 11 is 5.10. The standard InChI is InChI=1S/C11H8I3NO6/c1-2(16)9(17)15-8-6(13)3(10(18)19)5(12)4(7(8)14)11(20)21/h2,16H,1H3,(H,15,17)(H,18,19)(H,20,21). The molecule has 0 heterocycles. The van der Waals surface area contributed by atoms with Gasteiger partial charge in [-0.25, -0.2) is 9.59 Å². The van der Waals surface area contributed by atoms with Crippen molar-refractivity contribution in [3.05, 3.63) is 21.8 Å².